The topological polar surface area (TPSA) is 42.0 Å². The first kappa shape index (κ1) is 10.6. The summed E-state index contributed by atoms with van der Waals surface area (Å²) in [7, 11) is 0. The van der Waals surface area contributed by atoms with Gasteiger partial charge < -0.3 is 5.32 Å². The molecule has 2 heterocycles. The molecule has 0 radical (unpaired) electrons. The van der Waals surface area contributed by atoms with Crippen molar-refractivity contribution in [1.29, 1.82) is 0 Å². The Bertz CT molecular complexity index is 452. The summed E-state index contributed by atoms with van der Waals surface area (Å²) in [4.78, 5) is 15.3. The van der Waals surface area contributed by atoms with E-state index in [1.54, 1.807) is 11.3 Å². The van der Waals surface area contributed by atoms with Crippen LogP contribution in [0.5, 0.6) is 0 Å². The highest BCUT2D eigenvalue weighted by atomic mass is 35.5. The molecule has 1 N–H and O–H groups in total. The van der Waals surface area contributed by atoms with E-state index in [0.717, 1.165) is 11.3 Å². The lowest BCUT2D eigenvalue weighted by molar-refractivity contribution is -0.113. The van der Waals surface area contributed by atoms with Crippen LogP contribution in [-0.2, 0) is 4.79 Å². The molecule has 0 aromatic carbocycles. The minimum absolute atomic E-state index is 0.0482. The third-order valence-electron chi connectivity index (χ3n) is 1.69. The molecule has 0 saturated carbocycles. The molecule has 3 nitrogen and oxygen atoms in total. The van der Waals surface area contributed by atoms with Crippen molar-refractivity contribution in [2.45, 2.75) is 0 Å². The predicted molar refractivity (Wildman–Crippen MR) is 64.8 cm³/mol. The number of nitrogens with zero attached hydrogens (tertiary/aromatic N) is 1. The van der Waals surface area contributed by atoms with E-state index >= 15 is 0 Å². The molecule has 0 aliphatic rings. The number of carbonyl (C=O) groups is 1. The van der Waals surface area contributed by atoms with Crippen LogP contribution in [0.2, 0.25) is 0 Å². The van der Waals surface area contributed by atoms with Crippen molar-refractivity contribution in [2.24, 2.45) is 0 Å². The molecule has 2 aromatic heterocycles. The Morgan fingerprint density at radius 3 is 3.07 bits per heavy atom. The lowest BCUT2D eigenvalue weighted by Gasteiger charge is -1.95. The zero-order valence-electron chi connectivity index (χ0n) is 7.57. The number of thiazole rings is 1. The van der Waals surface area contributed by atoms with E-state index < -0.39 is 0 Å². The van der Waals surface area contributed by atoms with Crippen LogP contribution in [-0.4, -0.2) is 16.8 Å². The first-order chi connectivity index (χ1) is 7.29. The van der Waals surface area contributed by atoms with E-state index in [0.29, 0.717) is 5.13 Å². The van der Waals surface area contributed by atoms with E-state index in [1.165, 1.54) is 11.3 Å². The minimum Gasteiger partial charge on any atom is -0.301 e. The molecule has 78 valence electrons. The van der Waals surface area contributed by atoms with Crippen LogP contribution in [0.4, 0.5) is 5.13 Å². The van der Waals surface area contributed by atoms with Crippen molar-refractivity contribution in [1.82, 2.24) is 4.98 Å². The Morgan fingerprint density at radius 2 is 2.40 bits per heavy atom. The average Bonchev–Trinajstić information content (AvgIpc) is 2.85. The molecule has 0 aliphatic heterocycles. The Morgan fingerprint density at radius 1 is 1.53 bits per heavy atom. The quantitative estimate of drug-likeness (QED) is 0.860. The Labute approximate surface area is 99.7 Å². The van der Waals surface area contributed by atoms with Crippen molar-refractivity contribution in [2.75, 3.05) is 11.2 Å². The SMILES string of the molecule is O=C(CCl)Nc1nc(-c2ccsc2)cs1. The second-order valence-corrected chi connectivity index (χ2v) is 4.64. The molecule has 0 fully saturated rings. The van der Waals surface area contributed by atoms with Gasteiger partial charge in [0.25, 0.3) is 0 Å². The Hall–Kier alpha value is -0.910. The maximum atomic E-state index is 11.0. The van der Waals surface area contributed by atoms with Gasteiger partial charge in [0.15, 0.2) is 5.13 Å². The highest BCUT2D eigenvalue weighted by Crippen LogP contribution is 2.26. The lowest BCUT2D eigenvalue weighted by atomic mass is 10.3. The summed E-state index contributed by atoms with van der Waals surface area (Å²) in [6.45, 7) is 0. The number of hydrogen-bond donors (Lipinski definition) is 1. The van der Waals surface area contributed by atoms with E-state index in [1.807, 2.05) is 22.2 Å². The molecule has 15 heavy (non-hydrogen) atoms. The van der Waals surface area contributed by atoms with Gasteiger partial charge in [0, 0.05) is 16.3 Å². The molecule has 0 saturated heterocycles. The summed E-state index contributed by atoms with van der Waals surface area (Å²) in [5.41, 5.74) is 1.95. The minimum atomic E-state index is -0.233. The second kappa shape index (κ2) is 4.74. The molecule has 0 bridgehead atoms. The van der Waals surface area contributed by atoms with Gasteiger partial charge in [0.1, 0.15) is 5.88 Å². The number of rotatable bonds is 3. The van der Waals surface area contributed by atoms with Gasteiger partial charge in [-0.15, -0.1) is 22.9 Å². The van der Waals surface area contributed by atoms with E-state index in [9.17, 15) is 4.79 Å². The summed E-state index contributed by atoms with van der Waals surface area (Å²) in [6, 6.07) is 1.99. The molecule has 0 unspecified atom stereocenters. The third-order valence-corrected chi connectivity index (χ3v) is 3.37. The van der Waals surface area contributed by atoms with Crippen LogP contribution in [0, 0.1) is 0 Å². The van der Waals surface area contributed by atoms with Gasteiger partial charge in [-0.1, -0.05) is 0 Å². The molecule has 6 heteroatoms. The maximum Gasteiger partial charge on any atom is 0.241 e. The molecular weight excluding hydrogens is 252 g/mol. The Balaban J connectivity index is 2.14. The first-order valence-electron chi connectivity index (χ1n) is 4.13. The monoisotopic (exact) mass is 258 g/mol. The molecule has 0 spiro atoms. The zero-order valence-corrected chi connectivity index (χ0v) is 9.96. The molecule has 0 atom stereocenters. The maximum absolute atomic E-state index is 11.0. The highest BCUT2D eigenvalue weighted by Gasteiger charge is 2.06. The number of amides is 1. The summed E-state index contributed by atoms with van der Waals surface area (Å²) >= 11 is 8.39. The predicted octanol–water partition coefficient (Wildman–Crippen LogP) is 3.05. The molecule has 2 aromatic rings. The first-order valence-corrected chi connectivity index (χ1v) is 6.49. The van der Waals surface area contributed by atoms with E-state index in [-0.39, 0.29) is 11.8 Å². The fourth-order valence-corrected chi connectivity index (χ4v) is 2.48. The average molecular weight is 259 g/mol. The number of hydrogen-bond acceptors (Lipinski definition) is 4. The van der Waals surface area contributed by atoms with Crippen molar-refractivity contribution in [3.63, 3.8) is 0 Å². The van der Waals surface area contributed by atoms with Crippen LogP contribution in [0.15, 0.2) is 22.2 Å². The molecule has 1 amide bonds. The number of halogens is 1. The summed E-state index contributed by atoms with van der Waals surface area (Å²) < 4.78 is 0. The van der Waals surface area contributed by atoms with Crippen molar-refractivity contribution in [3.05, 3.63) is 22.2 Å². The standard InChI is InChI=1S/C9H7ClN2OS2/c10-3-8(13)12-9-11-7(5-15-9)6-1-2-14-4-6/h1-2,4-5H,3H2,(H,11,12,13). The van der Waals surface area contributed by atoms with Gasteiger partial charge >= 0.3 is 0 Å². The van der Waals surface area contributed by atoms with Gasteiger partial charge in [-0.25, -0.2) is 4.98 Å². The number of nitrogens with one attached hydrogen (secondary N) is 1. The smallest absolute Gasteiger partial charge is 0.241 e. The van der Waals surface area contributed by atoms with Crippen molar-refractivity contribution in [3.8, 4) is 11.3 Å². The summed E-state index contributed by atoms with van der Waals surface area (Å²) in [5.74, 6) is -0.282. The largest absolute Gasteiger partial charge is 0.301 e. The number of anilines is 1. The van der Waals surface area contributed by atoms with Crippen molar-refractivity contribution >= 4 is 45.3 Å². The van der Waals surface area contributed by atoms with E-state index in [2.05, 4.69) is 10.3 Å². The fourth-order valence-electron chi connectivity index (χ4n) is 1.03. The number of aromatic nitrogens is 1. The number of carbonyl (C=O) groups excluding carboxylic acids is 1. The number of thiophene rings is 1. The summed E-state index contributed by atoms with van der Waals surface area (Å²) in [5, 5.41) is 9.12. The molecule has 2 rings (SSSR count). The molecule has 0 aliphatic carbocycles. The van der Waals surface area contributed by atoms with Crippen molar-refractivity contribution < 1.29 is 4.79 Å². The van der Waals surface area contributed by atoms with Gasteiger partial charge in [-0.05, 0) is 11.4 Å². The van der Waals surface area contributed by atoms with Crippen LogP contribution in [0.25, 0.3) is 11.3 Å². The van der Waals surface area contributed by atoms with Crippen LogP contribution >= 0.6 is 34.3 Å². The number of alkyl halides is 1. The Kier molecular flexibility index (Phi) is 3.35. The van der Waals surface area contributed by atoms with Crippen LogP contribution < -0.4 is 5.32 Å². The van der Waals surface area contributed by atoms with Crippen LogP contribution in [0.3, 0.4) is 0 Å². The van der Waals surface area contributed by atoms with Gasteiger partial charge in [-0.2, -0.15) is 11.3 Å². The second-order valence-electron chi connectivity index (χ2n) is 2.73. The lowest BCUT2D eigenvalue weighted by Crippen LogP contribution is -2.12. The fraction of sp³-hybridized carbons (Fsp3) is 0.111. The molecular formula is C9H7ClN2OS2. The van der Waals surface area contributed by atoms with E-state index in [4.69, 9.17) is 11.6 Å². The van der Waals surface area contributed by atoms with Crippen LogP contribution in [0.1, 0.15) is 0 Å². The van der Waals surface area contributed by atoms with Gasteiger partial charge in [0.2, 0.25) is 5.91 Å². The van der Waals surface area contributed by atoms with Gasteiger partial charge in [0.05, 0.1) is 5.69 Å². The zero-order chi connectivity index (χ0) is 10.7. The van der Waals surface area contributed by atoms with Gasteiger partial charge in [-0.3, -0.25) is 4.79 Å². The normalized spacial score (nSPS) is 10.2. The summed E-state index contributed by atoms with van der Waals surface area (Å²) in [6.07, 6.45) is 0. The third kappa shape index (κ3) is 2.56. The highest BCUT2D eigenvalue weighted by molar-refractivity contribution is 7.14.